The number of carbonyl (C=O) groups excluding carboxylic acids is 2. The molecule has 2 amide bonds. The van der Waals surface area contributed by atoms with Gasteiger partial charge < -0.3 is 19.7 Å². The number of halogens is 3. The molecule has 0 aromatic heterocycles. The van der Waals surface area contributed by atoms with Gasteiger partial charge in [-0.15, -0.1) is 0 Å². The molecule has 144 valence electrons. The van der Waals surface area contributed by atoms with Crippen LogP contribution in [0.1, 0.15) is 6.92 Å². The molecule has 0 aliphatic rings. The minimum absolute atomic E-state index is 0.340. The van der Waals surface area contributed by atoms with E-state index in [0.29, 0.717) is 28.2 Å². The number of amides is 2. The van der Waals surface area contributed by atoms with Crippen molar-refractivity contribution in [1.29, 1.82) is 0 Å². The highest BCUT2D eigenvalue weighted by atomic mass is 19.2. The normalized spacial score (nSPS) is 10.3. The summed E-state index contributed by atoms with van der Waals surface area (Å²) in [5, 5.41) is 2.51. The molecule has 0 unspecified atom stereocenters. The van der Waals surface area contributed by atoms with Crippen molar-refractivity contribution >= 4 is 23.2 Å². The van der Waals surface area contributed by atoms with E-state index in [1.807, 2.05) is 0 Å². The van der Waals surface area contributed by atoms with E-state index in [1.165, 1.54) is 26.4 Å². The van der Waals surface area contributed by atoms with Crippen LogP contribution >= 0.6 is 0 Å². The summed E-state index contributed by atoms with van der Waals surface area (Å²) in [5.41, 5.74) is -0.198. The van der Waals surface area contributed by atoms with E-state index in [4.69, 9.17) is 9.47 Å². The first kappa shape index (κ1) is 20.1. The average molecular weight is 382 g/mol. The summed E-state index contributed by atoms with van der Waals surface area (Å²) < 4.78 is 50.7. The lowest BCUT2D eigenvalue weighted by Gasteiger charge is -2.21. The van der Waals surface area contributed by atoms with Crippen LogP contribution in [0.2, 0.25) is 0 Å². The molecule has 0 saturated carbocycles. The largest absolute Gasteiger partial charge is 0.493 e. The Hall–Kier alpha value is -3.23. The predicted octanol–water partition coefficient (Wildman–Crippen LogP) is 3.11. The number of carbonyl (C=O) groups is 2. The number of anilines is 2. The lowest BCUT2D eigenvalue weighted by atomic mass is 10.2. The molecule has 0 aliphatic heterocycles. The minimum atomic E-state index is -1.72. The average Bonchev–Trinajstić information content (AvgIpc) is 2.64. The third-order valence-corrected chi connectivity index (χ3v) is 3.65. The third-order valence-electron chi connectivity index (χ3n) is 3.65. The Labute approximate surface area is 153 Å². The Morgan fingerprint density at radius 3 is 2.26 bits per heavy atom. The summed E-state index contributed by atoms with van der Waals surface area (Å²) in [7, 11) is 2.88. The summed E-state index contributed by atoms with van der Waals surface area (Å²) in [6.45, 7) is 0.468. The second kappa shape index (κ2) is 8.43. The highest BCUT2D eigenvalue weighted by molar-refractivity contribution is 6.02. The maximum atomic E-state index is 14.0. The van der Waals surface area contributed by atoms with Crippen LogP contribution in [0.5, 0.6) is 11.5 Å². The van der Waals surface area contributed by atoms with Gasteiger partial charge in [0.15, 0.2) is 29.0 Å². The van der Waals surface area contributed by atoms with Gasteiger partial charge in [0.05, 0.1) is 19.9 Å². The molecule has 27 heavy (non-hydrogen) atoms. The first-order valence-electron chi connectivity index (χ1n) is 7.72. The number of methoxy groups -OCH3 is 2. The fourth-order valence-corrected chi connectivity index (χ4v) is 2.35. The molecule has 0 bridgehead atoms. The number of nitrogens with zero attached hydrogens (tertiary/aromatic N) is 1. The van der Waals surface area contributed by atoms with Gasteiger partial charge in [0.25, 0.3) is 0 Å². The molecule has 0 heterocycles. The van der Waals surface area contributed by atoms with Gasteiger partial charge in [-0.3, -0.25) is 9.59 Å². The van der Waals surface area contributed by atoms with Crippen LogP contribution in [0.15, 0.2) is 30.3 Å². The number of hydrogen-bond donors (Lipinski definition) is 1. The van der Waals surface area contributed by atoms with Crippen LogP contribution in [-0.2, 0) is 9.59 Å². The molecular formula is C18H17F3N2O4. The summed E-state index contributed by atoms with van der Waals surface area (Å²) >= 11 is 0. The predicted molar refractivity (Wildman–Crippen MR) is 92.5 cm³/mol. The van der Waals surface area contributed by atoms with Gasteiger partial charge in [-0.1, -0.05) is 0 Å². The van der Waals surface area contributed by atoms with Crippen LogP contribution in [0.3, 0.4) is 0 Å². The maximum absolute atomic E-state index is 14.0. The monoisotopic (exact) mass is 382 g/mol. The van der Waals surface area contributed by atoms with Crippen LogP contribution in [0.25, 0.3) is 0 Å². The number of ether oxygens (including phenoxy) is 2. The zero-order valence-electron chi connectivity index (χ0n) is 14.8. The molecule has 0 atom stereocenters. The minimum Gasteiger partial charge on any atom is -0.493 e. The molecule has 9 heteroatoms. The smallest absolute Gasteiger partial charge is 0.244 e. The van der Waals surface area contributed by atoms with E-state index in [-0.39, 0.29) is 0 Å². The van der Waals surface area contributed by atoms with Crippen molar-refractivity contribution in [2.45, 2.75) is 6.92 Å². The molecule has 1 N–H and O–H groups in total. The third kappa shape index (κ3) is 4.49. The van der Waals surface area contributed by atoms with Crippen molar-refractivity contribution in [2.75, 3.05) is 31.0 Å². The lowest BCUT2D eigenvalue weighted by molar-refractivity contribution is -0.120. The quantitative estimate of drug-likeness (QED) is 0.780. The molecule has 0 spiro atoms. The molecule has 0 saturated heterocycles. The van der Waals surface area contributed by atoms with Crippen LogP contribution < -0.4 is 19.7 Å². The van der Waals surface area contributed by atoms with E-state index in [0.717, 1.165) is 13.0 Å². The van der Waals surface area contributed by atoms with Crippen LogP contribution in [-0.4, -0.2) is 32.6 Å². The van der Waals surface area contributed by atoms with Gasteiger partial charge in [-0.25, -0.2) is 13.2 Å². The molecule has 6 nitrogen and oxygen atoms in total. The van der Waals surface area contributed by atoms with Gasteiger partial charge in [0, 0.05) is 18.7 Å². The standard InChI is InChI=1S/C18H17F3N2O4/c1-10(24)23(13-6-5-12(19)17(20)18(13)21)9-16(25)22-11-4-7-14(26-2)15(8-11)27-3/h4-8H,9H2,1-3H3,(H,22,25). The van der Waals surface area contributed by atoms with E-state index >= 15 is 0 Å². The van der Waals surface area contributed by atoms with Crippen LogP contribution in [0.4, 0.5) is 24.5 Å². The first-order valence-corrected chi connectivity index (χ1v) is 7.72. The van der Waals surface area contributed by atoms with Crippen molar-refractivity contribution < 1.29 is 32.2 Å². The first-order chi connectivity index (χ1) is 12.8. The molecule has 0 aliphatic carbocycles. The molecule has 2 rings (SSSR count). The van der Waals surface area contributed by atoms with E-state index in [1.54, 1.807) is 6.07 Å². The molecule has 0 fully saturated rings. The molecular weight excluding hydrogens is 365 g/mol. The zero-order valence-corrected chi connectivity index (χ0v) is 14.8. The summed E-state index contributed by atoms with van der Waals surface area (Å²) in [6, 6.07) is 6.16. The lowest BCUT2D eigenvalue weighted by Crippen LogP contribution is -2.37. The highest BCUT2D eigenvalue weighted by Gasteiger charge is 2.23. The highest BCUT2D eigenvalue weighted by Crippen LogP contribution is 2.30. The summed E-state index contributed by atoms with van der Waals surface area (Å²) in [6.07, 6.45) is 0. The molecule has 0 radical (unpaired) electrons. The Morgan fingerprint density at radius 2 is 1.67 bits per heavy atom. The fraction of sp³-hybridized carbons (Fsp3) is 0.222. The van der Waals surface area contributed by atoms with Gasteiger partial charge in [-0.05, 0) is 24.3 Å². The van der Waals surface area contributed by atoms with Gasteiger partial charge in [-0.2, -0.15) is 0 Å². The van der Waals surface area contributed by atoms with Crippen molar-refractivity contribution in [1.82, 2.24) is 0 Å². The van der Waals surface area contributed by atoms with Gasteiger partial charge in [0.2, 0.25) is 11.8 Å². The SMILES string of the molecule is COc1ccc(NC(=O)CN(C(C)=O)c2ccc(F)c(F)c2F)cc1OC. The summed E-state index contributed by atoms with van der Waals surface area (Å²) in [5.74, 6) is -5.25. The Kier molecular flexibility index (Phi) is 6.27. The number of benzene rings is 2. The van der Waals surface area contributed by atoms with Gasteiger partial charge in [0.1, 0.15) is 6.54 Å². The van der Waals surface area contributed by atoms with E-state index in [9.17, 15) is 22.8 Å². The second-order valence-electron chi connectivity index (χ2n) is 5.42. The second-order valence-corrected chi connectivity index (χ2v) is 5.42. The van der Waals surface area contributed by atoms with Crippen molar-refractivity contribution in [2.24, 2.45) is 0 Å². The number of nitrogens with one attached hydrogen (secondary N) is 1. The van der Waals surface area contributed by atoms with E-state index in [2.05, 4.69) is 5.32 Å². The van der Waals surface area contributed by atoms with Crippen molar-refractivity contribution in [3.05, 3.63) is 47.8 Å². The van der Waals surface area contributed by atoms with Crippen molar-refractivity contribution in [3.63, 3.8) is 0 Å². The molecule has 2 aromatic carbocycles. The Bertz CT molecular complexity index is 874. The van der Waals surface area contributed by atoms with Crippen molar-refractivity contribution in [3.8, 4) is 11.5 Å². The fourth-order valence-electron chi connectivity index (χ4n) is 2.35. The van der Waals surface area contributed by atoms with Crippen LogP contribution in [0, 0.1) is 17.5 Å². The zero-order chi connectivity index (χ0) is 20.1. The maximum Gasteiger partial charge on any atom is 0.244 e. The number of rotatable bonds is 6. The number of hydrogen-bond acceptors (Lipinski definition) is 4. The Morgan fingerprint density at radius 1 is 1.00 bits per heavy atom. The summed E-state index contributed by atoms with van der Waals surface area (Å²) in [4.78, 5) is 24.7. The Balaban J connectivity index is 2.21. The molecule has 2 aromatic rings. The van der Waals surface area contributed by atoms with E-state index < -0.39 is 41.5 Å². The topological polar surface area (TPSA) is 67.9 Å². The van der Waals surface area contributed by atoms with Gasteiger partial charge >= 0.3 is 0 Å².